The van der Waals surface area contributed by atoms with Crippen LogP contribution in [0.3, 0.4) is 0 Å². The molecule has 1 aliphatic heterocycles. The molecule has 0 radical (unpaired) electrons. The predicted molar refractivity (Wildman–Crippen MR) is 217 cm³/mol. The molecule has 2 nitrogen and oxygen atoms in total. The SMILES string of the molecule is c1ccc(-c2ccc(N(c3ccc4c(c3)C3(c5ccccc5Oc5ccccc53)c3ccccc3-4)c3ccc4sc5ccccc5c4c3)cc2)cc1. The van der Waals surface area contributed by atoms with E-state index < -0.39 is 5.41 Å². The summed E-state index contributed by atoms with van der Waals surface area (Å²) in [5, 5.41) is 2.57. The Labute approximate surface area is 306 Å². The van der Waals surface area contributed by atoms with Crippen molar-refractivity contribution in [1.82, 2.24) is 0 Å². The molecule has 0 N–H and O–H groups in total. The summed E-state index contributed by atoms with van der Waals surface area (Å²) in [6, 6.07) is 68.4. The third-order valence-electron chi connectivity index (χ3n) is 10.9. The first-order valence-electron chi connectivity index (χ1n) is 17.8. The quantitative estimate of drug-likeness (QED) is 0.183. The van der Waals surface area contributed by atoms with E-state index in [-0.39, 0.29) is 0 Å². The fourth-order valence-corrected chi connectivity index (χ4v) is 9.80. The number of hydrogen-bond acceptors (Lipinski definition) is 3. The first-order chi connectivity index (χ1) is 25.8. The molecule has 8 aromatic carbocycles. The third-order valence-corrected chi connectivity index (χ3v) is 12.1. The summed E-state index contributed by atoms with van der Waals surface area (Å²) >= 11 is 1.85. The maximum absolute atomic E-state index is 6.62. The van der Waals surface area contributed by atoms with Crippen molar-refractivity contribution >= 4 is 48.6 Å². The van der Waals surface area contributed by atoms with Gasteiger partial charge in [0.15, 0.2) is 0 Å². The molecule has 2 heterocycles. The lowest BCUT2D eigenvalue weighted by Gasteiger charge is -2.39. The highest BCUT2D eigenvalue weighted by atomic mass is 32.1. The Morgan fingerprint density at radius 3 is 1.73 bits per heavy atom. The lowest BCUT2D eigenvalue weighted by atomic mass is 9.66. The molecule has 0 fully saturated rings. The second kappa shape index (κ2) is 11.3. The summed E-state index contributed by atoms with van der Waals surface area (Å²) in [6.45, 7) is 0. The van der Waals surface area contributed by atoms with Crippen molar-refractivity contribution in [3.05, 3.63) is 210 Å². The van der Waals surface area contributed by atoms with E-state index in [1.807, 2.05) is 11.3 Å². The van der Waals surface area contributed by atoms with Gasteiger partial charge in [-0.15, -0.1) is 11.3 Å². The van der Waals surface area contributed by atoms with Gasteiger partial charge in [-0.2, -0.15) is 0 Å². The first-order valence-corrected chi connectivity index (χ1v) is 18.6. The van der Waals surface area contributed by atoms with Crippen molar-refractivity contribution in [3.8, 4) is 33.8 Å². The number of benzene rings is 8. The zero-order valence-electron chi connectivity index (χ0n) is 28.2. The van der Waals surface area contributed by atoms with E-state index in [1.54, 1.807) is 0 Å². The van der Waals surface area contributed by atoms with E-state index in [2.05, 4.69) is 193 Å². The summed E-state index contributed by atoms with van der Waals surface area (Å²) in [7, 11) is 0. The van der Waals surface area contributed by atoms with E-state index in [1.165, 1.54) is 64.7 Å². The second-order valence-corrected chi connectivity index (χ2v) is 14.7. The van der Waals surface area contributed by atoms with Gasteiger partial charge in [-0.1, -0.05) is 127 Å². The molecule has 1 spiro atoms. The minimum absolute atomic E-state index is 0.538. The Bertz CT molecular complexity index is 2790. The van der Waals surface area contributed by atoms with Crippen molar-refractivity contribution in [2.75, 3.05) is 4.90 Å². The minimum atomic E-state index is -0.538. The van der Waals surface area contributed by atoms with E-state index in [0.717, 1.165) is 28.6 Å². The maximum Gasteiger partial charge on any atom is 0.132 e. The Morgan fingerprint density at radius 2 is 0.942 bits per heavy atom. The molecule has 52 heavy (non-hydrogen) atoms. The van der Waals surface area contributed by atoms with Crippen molar-refractivity contribution in [1.29, 1.82) is 0 Å². The van der Waals surface area contributed by atoms with E-state index in [4.69, 9.17) is 4.74 Å². The molecule has 244 valence electrons. The molecule has 0 atom stereocenters. The van der Waals surface area contributed by atoms with Gasteiger partial charge in [-0.3, -0.25) is 0 Å². The molecule has 9 aromatic rings. The third kappa shape index (κ3) is 4.17. The minimum Gasteiger partial charge on any atom is -0.457 e. The standard InChI is InChI=1S/C49H31NOS/c1-2-12-32(13-3-1)33-22-24-34(25-23-33)50(35-27-29-48-40(30-35)39-15-5-11-21-47(39)52-48)36-26-28-38-37-14-4-6-16-41(37)49(44(38)31-36)42-17-7-9-19-45(42)51-46-20-10-8-18-43(46)49/h1-31H. The van der Waals surface area contributed by atoms with Gasteiger partial charge in [-0.05, 0) is 94.0 Å². The molecule has 0 unspecified atom stereocenters. The topological polar surface area (TPSA) is 12.5 Å². The number of nitrogens with zero attached hydrogens (tertiary/aromatic N) is 1. The molecule has 1 aliphatic carbocycles. The van der Waals surface area contributed by atoms with Crippen molar-refractivity contribution < 1.29 is 4.74 Å². The number of ether oxygens (including phenoxy) is 1. The fourth-order valence-electron chi connectivity index (χ4n) is 8.72. The lowest BCUT2D eigenvalue weighted by Crippen LogP contribution is -2.32. The molecule has 2 aliphatic rings. The van der Waals surface area contributed by atoms with Crippen LogP contribution in [0.15, 0.2) is 188 Å². The van der Waals surface area contributed by atoms with Gasteiger partial charge < -0.3 is 9.64 Å². The predicted octanol–water partition coefficient (Wildman–Crippen LogP) is 13.7. The first kappa shape index (κ1) is 29.3. The number of hydrogen-bond donors (Lipinski definition) is 0. The summed E-state index contributed by atoms with van der Waals surface area (Å²) in [4.78, 5) is 2.43. The fraction of sp³-hybridized carbons (Fsp3) is 0.0204. The van der Waals surface area contributed by atoms with Crippen LogP contribution in [0.4, 0.5) is 17.1 Å². The molecule has 1 aromatic heterocycles. The Morgan fingerprint density at radius 1 is 0.385 bits per heavy atom. The van der Waals surface area contributed by atoms with Crippen molar-refractivity contribution in [3.63, 3.8) is 0 Å². The van der Waals surface area contributed by atoms with Crippen LogP contribution in [0, 0.1) is 0 Å². The van der Waals surface area contributed by atoms with Crippen LogP contribution in [0.2, 0.25) is 0 Å². The largest absolute Gasteiger partial charge is 0.457 e. The smallest absolute Gasteiger partial charge is 0.132 e. The van der Waals surface area contributed by atoms with Gasteiger partial charge in [0.1, 0.15) is 11.5 Å². The van der Waals surface area contributed by atoms with Crippen LogP contribution in [0.1, 0.15) is 22.3 Å². The van der Waals surface area contributed by atoms with Crippen LogP contribution in [-0.2, 0) is 5.41 Å². The van der Waals surface area contributed by atoms with Crippen LogP contribution in [0.25, 0.3) is 42.4 Å². The molecule has 0 amide bonds. The van der Waals surface area contributed by atoms with Gasteiger partial charge in [0.2, 0.25) is 0 Å². The van der Waals surface area contributed by atoms with Crippen LogP contribution < -0.4 is 9.64 Å². The van der Waals surface area contributed by atoms with Crippen LogP contribution in [0.5, 0.6) is 11.5 Å². The number of rotatable bonds is 4. The number of fused-ring (bicyclic) bond motifs is 12. The van der Waals surface area contributed by atoms with Gasteiger partial charge in [0.25, 0.3) is 0 Å². The molecule has 0 saturated heterocycles. The molecule has 11 rings (SSSR count). The number of anilines is 3. The van der Waals surface area contributed by atoms with Crippen LogP contribution in [-0.4, -0.2) is 0 Å². The van der Waals surface area contributed by atoms with Gasteiger partial charge >= 0.3 is 0 Å². The molecule has 0 saturated carbocycles. The zero-order valence-corrected chi connectivity index (χ0v) is 29.0. The van der Waals surface area contributed by atoms with Crippen molar-refractivity contribution in [2.45, 2.75) is 5.41 Å². The molecule has 0 bridgehead atoms. The van der Waals surface area contributed by atoms with Gasteiger partial charge in [0.05, 0.1) is 5.41 Å². The highest BCUT2D eigenvalue weighted by Crippen LogP contribution is 2.62. The number of thiophene rings is 1. The highest BCUT2D eigenvalue weighted by Gasteiger charge is 2.51. The zero-order chi connectivity index (χ0) is 34.2. The van der Waals surface area contributed by atoms with Crippen molar-refractivity contribution in [2.24, 2.45) is 0 Å². The van der Waals surface area contributed by atoms with Gasteiger partial charge in [-0.25, -0.2) is 0 Å². The summed E-state index contributed by atoms with van der Waals surface area (Å²) in [5.41, 5.74) is 12.6. The number of para-hydroxylation sites is 2. The molecule has 3 heteroatoms. The maximum atomic E-state index is 6.62. The Hall–Kier alpha value is -6.42. The Balaban J connectivity index is 1.17. The lowest BCUT2D eigenvalue weighted by molar-refractivity contribution is 0.436. The molecular weight excluding hydrogens is 651 g/mol. The van der Waals surface area contributed by atoms with Crippen LogP contribution >= 0.6 is 11.3 Å². The highest BCUT2D eigenvalue weighted by molar-refractivity contribution is 7.25. The summed E-state index contributed by atoms with van der Waals surface area (Å²) in [6.07, 6.45) is 0. The van der Waals surface area contributed by atoms with E-state index in [9.17, 15) is 0 Å². The van der Waals surface area contributed by atoms with E-state index in [0.29, 0.717) is 0 Å². The van der Waals surface area contributed by atoms with E-state index >= 15 is 0 Å². The average Bonchev–Trinajstić information content (AvgIpc) is 3.72. The second-order valence-electron chi connectivity index (χ2n) is 13.6. The normalized spacial score (nSPS) is 13.3. The molecular formula is C49H31NOS. The Kier molecular flexibility index (Phi) is 6.37. The van der Waals surface area contributed by atoms with Gasteiger partial charge in [0, 0.05) is 48.4 Å². The average molecular weight is 682 g/mol. The monoisotopic (exact) mass is 681 g/mol. The summed E-state index contributed by atoms with van der Waals surface area (Å²) < 4.78 is 9.22. The summed E-state index contributed by atoms with van der Waals surface area (Å²) in [5.74, 6) is 1.80.